The molecule has 8 nitrogen and oxygen atoms in total. The molecule has 5 aromatic rings. The van der Waals surface area contributed by atoms with Gasteiger partial charge in [-0.3, -0.25) is 35.6 Å². The van der Waals surface area contributed by atoms with E-state index in [9.17, 15) is 8.78 Å². The van der Waals surface area contributed by atoms with E-state index >= 15 is 22.0 Å². The molecule has 0 aliphatic carbocycles. The molecule has 2 heterocycles. The van der Waals surface area contributed by atoms with Gasteiger partial charge in [0.25, 0.3) is 0 Å². The lowest BCUT2D eigenvalue weighted by atomic mass is 9.89. The van der Waals surface area contributed by atoms with Gasteiger partial charge in [0.05, 0.1) is 12.2 Å². The van der Waals surface area contributed by atoms with Crippen molar-refractivity contribution < 1.29 is 30.7 Å². The standard InChI is InChI=1S/C55H68F7N8/c1-5-68(6-2)54(42-19-16-22-45(58)33-42,64-36-52(67-27-12-13-28-67)40-17-14-20-43(56)31-40)38-66-55(69(7-3)8-4,48-34-46(59)23-25-49(48)61)39-65-53(70-29-10-9-11-30-70,41-18-15-21-44(57)32-41)37-63-51-35-47(60)24-26-50(51)62/h14-23,25-26,31-35,52,63-66H,5-13,27-30,36-39H2,1-4H3. The summed E-state index contributed by atoms with van der Waals surface area (Å²) in [5, 5.41) is 14.6. The average Bonchev–Trinajstić information content (AvgIpc) is 3.90. The first-order chi connectivity index (χ1) is 33.8. The van der Waals surface area contributed by atoms with E-state index in [0.717, 1.165) is 75.0 Å². The van der Waals surface area contributed by atoms with Crippen LogP contribution in [-0.4, -0.2) is 98.1 Å². The summed E-state index contributed by atoms with van der Waals surface area (Å²) in [5.41, 5.74) is -2.53. The monoisotopic (exact) mass is 974 g/mol. The number of benzene rings is 5. The van der Waals surface area contributed by atoms with Gasteiger partial charge >= 0.3 is 0 Å². The Hall–Kier alpha value is -4.87. The number of rotatable bonds is 24. The first-order valence-electron chi connectivity index (χ1n) is 24.9. The number of likely N-dealkylation sites (tertiary alicyclic amines) is 2. The van der Waals surface area contributed by atoms with Gasteiger partial charge in [0.1, 0.15) is 57.7 Å². The molecule has 0 spiro atoms. The van der Waals surface area contributed by atoms with Crippen molar-refractivity contribution >= 4 is 5.69 Å². The Bertz CT molecular complexity index is 2460. The van der Waals surface area contributed by atoms with E-state index < -0.39 is 51.9 Å². The molecular weight excluding hydrogens is 906 g/mol. The molecule has 4 atom stereocenters. The third-order valence-corrected chi connectivity index (χ3v) is 14.6. The molecule has 0 aromatic heterocycles. The van der Waals surface area contributed by atoms with Crippen LogP contribution in [0.1, 0.15) is 88.1 Å². The van der Waals surface area contributed by atoms with Crippen LogP contribution in [0.2, 0.25) is 0 Å². The summed E-state index contributed by atoms with van der Waals surface area (Å²) >= 11 is 0. The second-order valence-electron chi connectivity index (χ2n) is 18.4. The fourth-order valence-electron chi connectivity index (χ4n) is 10.9. The number of hydrogen-bond acceptors (Lipinski definition) is 8. The Kier molecular flexibility index (Phi) is 18.2. The van der Waals surface area contributed by atoms with Crippen LogP contribution >= 0.6 is 0 Å². The van der Waals surface area contributed by atoms with Crippen molar-refractivity contribution in [2.75, 3.05) is 83.9 Å². The van der Waals surface area contributed by atoms with Crippen LogP contribution in [0.5, 0.6) is 0 Å². The minimum atomic E-state index is -1.62. The number of halogens is 7. The number of nitrogens with one attached hydrogen (secondary N) is 4. The Morgan fingerprint density at radius 1 is 0.557 bits per heavy atom. The first kappa shape index (κ1) is 52.9. The van der Waals surface area contributed by atoms with Crippen LogP contribution in [0.25, 0.3) is 0 Å². The summed E-state index contributed by atoms with van der Waals surface area (Å²) in [6.45, 7) is 12.2. The molecule has 2 aliphatic rings. The normalized spacial score (nSPS) is 17.9. The molecule has 377 valence electrons. The lowest BCUT2D eigenvalue weighted by molar-refractivity contribution is -0.0174. The van der Waals surface area contributed by atoms with Gasteiger partial charge in [0.15, 0.2) is 0 Å². The zero-order chi connectivity index (χ0) is 49.9. The second kappa shape index (κ2) is 24.0. The molecule has 2 fully saturated rings. The maximum absolute atomic E-state index is 17.1. The van der Waals surface area contributed by atoms with Gasteiger partial charge in [-0.2, -0.15) is 0 Å². The Labute approximate surface area is 409 Å². The first-order valence-corrected chi connectivity index (χ1v) is 24.9. The molecule has 0 bridgehead atoms. The largest absolute Gasteiger partial charge is 0.379 e. The molecule has 2 aliphatic heterocycles. The fourth-order valence-corrected chi connectivity index (χ4v) is 10.9. The summed E-state index contributed by atoms with van der Waals surface area (Å²) in [6.07, 6.45) is 4.49. The number of piperidine rings is 1. The van der Waals surface area contributed by atoms with Crippen LogP contribution in [0.15, 0.2) is 103 Å². The van der Waals surface area contributed by atoms with Crippen molar-refractivity contribution in [3.63, 3.8) is 0 Å². The zero-order valence-electron chi connectivity index (χ0n) is 40.8. The van der Waals surface area contributed by atoms with Crippen LogP contribution in [-0.2, 0) is 17.0 Å². The van der Waals surface area contributed by atoms with Crippen LogP contribution in [0.4, 0.5) is 36.4 Å². The molecule has 7 rings (SSSR count). The van der Waals surface area contributed by atoms with Crippen LogP contribution in [0, 0.1) is 46.8 Å². The zero-order valence-corrected chi connectivity index (χ0v) is 40.8. The van der Waals surface area contributed by atoms with Crippen molar-refractivity contribution in [2.24, 2.45) is 0 Å². The summed E-state index contributed by atoms with van der Waals surface area (Å²) in [7, 11) is 0. The molecule has 0 saturated carbocycles. The van der Waals surface area contributed by atoms with E-state index in [4.69, 9.17) is 0 Å². The SMILES string of the molecule is CCN(CC)C(CNC(CNC(CNc1cc(F)[c]cc1F)(c1cccc(F)c1)N1CCCCC1)(c1cc(F)ccc1F)N(CC)CC)(NCC(c1cccc(F)c1)N1CCCC1)c1cccc(F)c1. The lowest BCUT2D eigenvalue weighted by Crippen LogP contribution is -2.71. The van der Waals surface area contributed by atoms with Gasteiger partial charge in [0, 0.05) is 56.5 Å². The highest BCUT2D eigenvalue weighted by molar-refractivity contribution is 5.46. The van der Waals surface area contributed by atoms with Crippen LogP contribution in [0.3, 0.4) is 0 Å². The topological polar surface area (TPSA) is 61.1 Å². The van der Waals surface area contributed by atoms with E-state index in [-0.39, 0.29) is 42.7 Å². The highest BCUT2D eigenvalue weighted by atomic mass is 19.2. The Morgan fingerprint density at radius 3 is 1.77 bits per heavy atom. The summed E-state index contributed by atoms with van der Waals surface area (Å²) in [6, 6.07) is 26.3. The maximum Gasteiger partial charge on any atom is 0.147 e. The van der Waals surface area contributed by atoms with Gasteiger partial charge in [0.2, 0.25) is 0 Å². The van der Waals surface area contributed by atoms with Crippen LogP contribution < -0.4 is 21.3 Å². The third kappa shape index (κ3) is 11.7. The maximum atomic E-state index is 17.1. The lowest BCUT2D eigenvalue weighted by Gasteiger charge is -2.53. The molecule has 0 amide bonds. The third-order valence-electron chi connectivity index (χ3n) is 14.6. The van der Waals surface area contributed by atoms with E-state index in [1.807, 2.05) is 44.7 Å². The van der Waals surface area contributed by atoms with E-state index in [1.54, 1.807) is 30.3 Å². The fraction of sp³-hybridized carbons (Fsp3) is 0.455. The highest BCUT2D eigenvalue weighted by Crippen LogP contribution is 2.37. The van der Waals surface area contributed by atoms with Gasteiger partial charge in [-0.25, -0.2) is 30.7 Å². The average molecular weight is 974 g/mol. The Morgan fingerprint density at radius 2 is 1.13 bits per heavy atom. The van der Waals surface area contributed by atoms with Gasteiger partial charge in [-0.15, -0.1) is 0 Å². The predicted octanol–water partition coefficient (Wildman–Crippen LogP) is 10.2. The predicted molar refractivity (Wildman–Crippen MR) is 263 cm³/mol. The molecule has 15 heteroatoms. The minimum absolute atomic E-state index is 0.0118. The molecular formula is C55H68F7N8. The van der Waals surface area contributed by atoms with Crippen molar-refractivity contribution in [3.8, 4) is 0 Å². The van der Waals surface area contributed by atoms with Gasteiger partial charge in [-0.05, 0) is 142 Å². The van der Waals surface area contributed by atoms with E-state index in [0.29, 0.717) is 56.9 Å². The number of likely N-dealkylation sites (N-methyl/N-ethyl adjacent to an activating group) is 2. The van der Waals surface area contributed by atoms with Gasteiger partial charge < -0.3 is 5.32 Å². The smallest absolute Gasteiger partial charge is 0.147 e. The molecule has 4 N–H and O–H groups in total. The van der Waals surface area contributed by atoms with Crippen molar-refractivity contribution in [2.45, 2.75) is 82.8 Å². The molecule has 5 aromatic carbocycles. The molecule has 4 unspecified atom stereocenters. The molecule has 2 saturated heterocycles. The van der Waals surface area contributed by atoms with E-state index in [2.05, 4.69) is 42.0 Å². The second-order valence-corrected chi connectivity index (χ2v) is 18.4. The van der Waals surface area contributed by atoms with Gasteiger partial charge in [-0.1, -0.05) is 70.5 Å². The summed E-state index contributed by atoms with van der Waals surface area (Å²) < 4.78 is 109. The minimum Gasteiger partial charge on any atom is -0.379 e. The van der Waals surface area contributed by atoms with E-state index in [1.165, 1.54) is 36.4 Å². The van der Waals surface area contributed by atoms with Crippen molar-refractivity contribution in [1.82, 2.24) is 35.6 Å². The Balaban J connectivity index is 1.41. The summed E-state index contributed by atoms with van der Waals surface area (Å²) in [4.78, 5) is 8.65. The molecule has 1 radical (unpaired) electrons. The van der Waals surface area contributed by atoms with Crippen molar-refractivity contribution in [3.05, 3.63) is 172 Å². The number of hydrogen-bond donors (Lipinski definition) is 4. The summed E-state index contributed by atoms with van der Waals surface area (Å²) in [5.74, 6) is -4.23. The number of anilines is 1. The number of nitrogens with zero attached hydrogens (tertiary/aromatic N) is 4. The van der Waals surface area contributed by atoms with Crippen molar-refractivity contribution in [1.29, 1.82) is 0 Å². The molecule has 70 heavy (non-hydrogen) atoms. The quantitative estimate of drug-likeness (QED) is 0.0361. The highest BCUT2D eigenvalue weighted by Gasteiger charge is 2.48.